The number of aryl methyl sites for hydroxylation is 1. The molecule has 0 amide bonds. The van der Waals surface area contributed by atoms with Crippen molar-refractivity contribution in [3.05, 3.63) is 39.8 Å². The summed E-state index contributed by atoms with van der Waals surface area (Å²) in [6, 6.07) is 6.16. The summed E-state index contributed by atoms with van der Waals surface area (Å²) in [5.41, 5.74) is 8.22. The van der Waals surface area contributed by atoms with Crippen LogP contribution in [0.15, 0.2) is 23.6 Å². The Balaban J connectivity index is 2.16. The Morgan fingerprint density at radius 1 is 1.22 bits per heavy atom. The van der Waals surface area contributed by atoms with Crippen LogP contribution in [0, 0.1) is 6.92 Å². The van der Waals surface area contributed by atoms with Crippen LogP contribution in [0.25, 0.3) is 0 Å². The molecule has 126 valence electrons. The second-order valence-corrected chi connectivity index (χ2v) is 6.42. The fraction of sp³-hybridized carbons (Fsp3) is 0.500. The van der Waals surface area contributed by atoms with Crippen molar-refractivity contribution in [2.45, 2.75) is 39.5 Å². The first-order valence-corrected chi connectivity index (χ1v) is 9.06. The Morgan fingerprint density at radius 2 is 2.04 bits per heavy atom. The predicted octanol–water partition coefficient (Wildman–Crippen LogP) is 3.92. The van der Waals surface area contributed by atoms with Gasteiger partial charge in [-0.2, -0.15) is 0 Å². The van der Waals surface area contributed by atoms with E-state index < -0.39 is 0 Å². The van der Waals surface area contributed by atoms with Gasteiger partial charge in [0.25, 0.3) is 0 Å². The predicted molar refractivity (Wildman–Crippen MR) is 95.7 cm³/mol. The van der Waals surface area contributed by atoms with Crippen LogP contribution in [-0.4, -0.2) is 24.7 Å². The zero-order valence-corrected chi connectivity index (χ0v) is 15.0. The van der Waals surface area contributed by atoms with Gasteiger partial charge in [-0.3, -0.25) is 0 Å². The first-order chi connectivity index (χ1) is 11.2. The number of nitrogens with zero attached hydrogens (tertiary/aromatic N) is 1. The van der Waals surface area contributed by atoms with Gasteiger partial charge in [-0.25, -0.2) is 4.98 Å². The van der Waals surface area contributed by atoms with Gasteiger partial charge in [-0.05, 0) is 44.4 Å². The van der Waals surface area contributed by atoms with Crippen molar-refractivity contribution in [2.75, 3.05) is 19.8 Å². The summed E-state index contributed by atoms with van der Waals surface area (Å²) < 4.78 is 11.5. The average Bonchev–Trinajstić information content (AvgIpc) is 2.98. The molecule has 0 bridgehead atoms. The minimum Gasteiger partial charge on any atom is -0.490 e. The molecule has 0 fully saturated rings. The molecule has 1 aromatic carbocycles. The molecule has 2 N–H and O–H groups in total. The maximum Gasteiger partial charge on any atom is 0.161 e. The standard InChI is InChI=1S/C18H26N2O2S/c1-4-8-22-16-7-6-14(10-17(16)21-5-2)9-15(11-19)18-20-13(3)12-23-18/h6-7,10,12,15H,4-5,8-9,11,19H2,1-3H3. The van der Waals surface area contributed by atoms with Crippen LogP contribution in [0.3, 0.4) is 0 Å². The number of rotatable bonds is 9. The number of thiazole rings is 1. The van der Waals surface area contributed by atoms with Crippen molar-refractivity contribution < 1.29 is 9.47 Å². The quantitative estimate of drug-likeness (QED) is 0.755. The van der Waals surface area contributed by atoms with E-state index >= 15 is 0 Å². The van der Waals surface area contributed by atoms with E-state index in [1.807, 2.05) is 19.9 Å². The molecule has 0 aliphatic carbocycles. The lowest BCUT2D eigenvalue weighted by molar-refractivity contribution is 0.276. The summed E-state index contributed by atoms with van der Waals surface area (Å²) in [5, 5.41) is 3.18. The van der Waals surface area contributed by atoms with E-state index in [2.05, 4.69) is 29.4 Å². The number of hydrogen-bond acceptors (Lipinski definition) is 5. The summed E-state index contributed by atoms with van der Waals surface area (Å²) in [6.45, 7) is 8.00. The zero-order valence-electron chi connectivity index (χ0n) is 14.2. The van der Waals surface area contributed by atoms with Crippen molar-refractivity contribution >= 4 is 11.3 Å². The average molecular weight is 334 g/mol. The molecule has 23 heavy (non-hydrogen) atoms. The normalized spacial score (nSPS) is 12.2. The molecule has 1 heterocycles. The summed E-state index contributed by atoms with van der Waals surface area (Å²) in [7, 11) is 0. The molecule has 0 radical (unpaired) electrons. The molecule has 0 saturated heterocycles. The maximum atomic E-state index is 5.96. The first kappa shape index (κ1) is 17.8. The molecule has 1 aromatic heterocycles. The number of aromatic nitrogens is 1. The van der Waals surface area contributed by atoms with Gasteiger partial charge in [-0.1, -0.05) is 13.0 Å². The Morgan fingerprint density at radius 3 is 2.65 bits per heavy atom. The van der Waals surface area contributed by atoms with Crippen molar-refractivity contribution in [1.29, 1.82) is 0 Å². The van der Waals surface area contributed by atoms with Crippen LogP contribution < -0.4 is 15.2 Å². The highest BCUT2D eigenvalue weighted by Gasteiger charge is 2.16. The van der Waals surface area contributed by atoms with Gasteiger partial charge in [0.05, 0.1) is 18.2 Å². The van der Waals surface area contributed by atoms with E-state index in [4.69, 9.17) is 15.2 Å². The Bertz CT molecular complexity index is 613. The molecule has 4 nitrogen and oxygen atoms in total. The summed E-state index contributed by atoms with van der Waals surface area (Å²) in [6.07, 6.45) is 1.84. The third kappa shape index (κ3) is 4.94. The largest absolute Gasteiger partial charge is 0.490 e. The van der Waals surface area contributed by atoms with E-state index in [-0.39, 0.29) is 5.92 Å². The molecule has 0 aliphatic heterocycles. The van der Waals surface area contributed by atoms with Gasteiger partial charge < -0.3 is 15.2 Å². The molecular weight excluding hydrogens is 308 g/mol. The van der Waals surface area contributed by atoms with Crippen LogP contribution in [0.5, 0.6) is 11.5 Å². The second kappa shape index (κ2) is 8.89. The molecule has 1 unspecified atom stereocenters. The number of ether oxygens (including phenoxy) is 2. The van der Waals surface area contributed by atoms with Gasteiger partial charge in [0.15, 0.2) is 11.5 Å². The molecule has 0 spiro atoms. The number of hydrogen-bond donors (Lipinski definition) is 1. The highest BCUT2D eigenvalue weighted by atomic mass is 32.1. The molecule has 2 aromatic rings. The summed E-state index contributed by atoms with van der Waals surface area (Å²) in [4.78, 5) is 4.58. The summed E-state index contributed by atoms with van der Waals surface area (Å²) in [5.74, 6) is 1.86. The topological polar surface area (TPSA) is 57.4 Å². The van der Waals surface area contributed by atoms with E-state index in [1.54, 1.807) is 11.3 Å². The molecule has 1 atom stereocenters. The van der Waals surface area contributed by atoms with E-state index in [1.165, 1.54) is 5.56 Å². The Labute approximate surface area is 142 Å². The molecule has 5 heteroatoms. The van der Waals surface area contributed by atoms with Gasteiger partial charge >= 0.3 is 0 Å². The van der Waals surface area contributed by atoms with E-state index in [0.29, 0.717) is 19.8 Å². The van der Waals surface area contributed by atoms with Crippen LogP contribution in [-0.2, 0) is 6.42 Å². The highest BCUT2D eigenvalue weighted by Crippen LogP contribution is 2.31. The molecule has 0 saturated carbocycles. The fourth-order valence-electron chi connectivity index (χ4n) is 2.39. The number of benzene rings is 1. The molecule has 2 rings (SSSR count). The Kier molecular flexibility index (Phi) is 6.86. The molecule has 0 aliphatic rings. The SMILES string of the molecule is CCCOc1ccc(CC(CN)c2nc(C)cs2)cc1OCC. The summed E-state index contributed by atoms with van der Waals surface area (Å²) >= 11 is 1.68. The van der Waals surface area contributed by atoms with E-state index in [9.17, 15) is 0 Å². The minimum atomic E-state index is 0.241. The fourth-order valence-corrected chi connectivity index (χ4v) is 3.31. The molecular formula is C18H26N2O2S. The monoisotopic (exact) mass is 334 g/mol. The van der Waals surface area contributed by atoms with Gasteiger partial charge in [0.1, 0.15) is 0 Å². The lowest BCUT2D eigenvalue weighted by Gasteiger charge is -2.15. The van der Waals surface area contributed by atoms with Crippen molar-refractivity contribution in [2.24, 2.45) is 5.73 Å². The second-order valence-electron chi connectivity index (χ2n) is 5.53. The van der Waals surface area contributed by atoms with Crippen molar-refractivity contribution in [3.8, 4) is 11.5 Å². The lowest BCUT2D eigenvalue weighted by atomic mass is 9.99. The number of nitrogens with two attached hydrogens (primary N) is 1. The van der Waals surface area contributed by atoms with Crippen molar-refractivity contribution in [3.63, 3.8) is 0 Å². The third-order valence-corrected chi connectivity index (χ3v) is 4.65. The van der Waals surface area contributed by atoms with Gasteiger partial charge in [0, 0.05) is 23.5 Å². The maximum absolute atomic E-state index is 5.96. The lowest BCUT2D eigenvalue weighted by Crippen LogP contribution is -2.15. The van der Waals surface area contributed by atoms with Crippen molar-refractivity contribution in [1.82, 2.24) is 4.98 Å². The van der Waals surface area contributed by atoms with Crippen LogP contribution in [0.4, 0.5) is 0 Å². The zero-order chi connectivity index (χ0) is 16.7. The van der Waals surface area contributed by atoms with Crippen LogP contribution in [0.2, 0.25) is 0 Å². The first-order valence-electron chi connectivity index (χ1n) is 8.18. The third-order valence-electron chi connectivity index (χ3n) is 3.52. The van der Waals surface area contributed by atoms with Gasteiger partial charge in [0.2, 0.25) is 0 Å². The van der Waals surface area contributed by atoms with E-state index in [0.717, 1.165) is 35.0 Å². The minimum absolute atomic E-state index is 0.241. The smallest absolute Gasteiger partial charge is 0.161 e. The van der Waals surface area contributed by atoms with Gasteiger partial charge in [-0.15, -0.1) is 11.3 Å². The van der Waals surface area contributed by atoms with Crippen LogP contribution >= 0.6 is 11.3 Å². The van der Waals surface area contributed by atoms with Crippen LogP contribution in [0.1, 0.15) is 42.5 Å². The Hall–Kier alpha value is -1.59. The highest BCUT2D eigenvalue weighted by molar-refractivity contribution is 7.09.